The zero-order chi connectivity index (χ0) is 17.1. The van der Waals surface area contributed by atoms with E-state index in [0.29, 0.717) is 24.4 Å². The van der Waals surface area contributed by atoms with Crippen LogP contribution in [0.15, 0.2) is 48.5 Å². The number of carbonyl (C=O) groups is 2. The van der Waals surface area contributed by atoms with Gasteiger partial charge in [-0.1, -0.05) is 42.0 Å². The fourth-order valence-electron chi connectivity index (χ4n) is 2.73. The molecule has 0 radical (unpaired) electrons. The lowest BCUT2D eigenvalue weighted by atomic mass is 10.0. The SMILES string of the molecule is Cc1ccc(C=CC(=O)c2cccc(N3CCOC3=O)c2)c(C)c1. The zero-order valence-corrected chi connectivity index (χ0v) is 13.8. The molecule has 4 heteroatoms. The lowest BCUT2D eigenvalue weighted by molar-refractivity contribution is 0.104. The minimum Gasteiger partial charge on any atom is -0.447 e. The average molecular weight is 321 g/mol. The maximum absolute atomic E-state index is 12.4. The Morgan fingerprint density at radius 3 is 2.71 bits per heavy atom. The van der Waals surface area contributed by atoms with Gasteiger partial charge in [0.05, 0.1) is 6.54 Å². The molecule has 3 rings (SSSR count). The van der Waals surface area contributed by atoms with Crippen LogP contribution in [0.4, 0.5) is 10.5 Å². The highest BCUT2D eigenvalue weighted by molar-refractivity contribution is 6.07. The summed E-state index contributed by atoms with van der Waals surface area (Å²) in [6.07, 6.45) is 3.03. The predicted octanol–water partition coefficient (Wildman–Crippen LogP) is 4.16. The standard InChI is InChI=1S/C20H19NO3/c1-14-6-7-16(15(2)12-14)8-9-19(22)17-4-3-5-18(13-17)21-10-11-24-20(21)23/h3-9,12-13H,10-11H2,1-2H3. The molecule has 1 aliphatic heterocycles. The summed E-state index contributed by atoms with van der Waals surface area (Å²) in [5, 5.41) is 0. The van der Waals surface area contributed by atoms with E-state index in [0.717, 1.165) is 11.1 Å². The molecule has 0 aromatic heterocycles. The molecule has 1 saturated heterocycles. The first kappa shape index (κ1) is 16.0. The largest absolute Gasteiger partial charge is 0.447 e. The Hall–Kier alpha value is -2.88. The summed E-state index contributed by atoms with van der Waals surface area (Å²) in [6, 6.07) is 13.2. The van der Waals surface area contributed by atoms with Gasteiger partial charge in [0.1, 0.15) is 6.61 Å². The molecule has 2 aromatic carbocycles. The summed E-state index contributed by atoms with van der Waals surface area (Å²) in [7, 11) is 0. The van der Waals surface area contributed by atoms with Crippen LogP contribution in [0, 0.1) is 13.8 Å². The van der Waals surface area contributed by atoms with Crippen molar-refractivity contribution in [2.24, 2.45) is 0 Å². The zero-order valence-electron chi connectivity index (χ0n) is 13.8. The van der Waals surface area contributed by atoms with E-state index >= 15 is 0 Å². The lowest BCUT2D eigenvalue weighted by Crippen LogP contribution is -2.23. The second-order valence-corrected chi connectivity index (χ2v) is 5.87. The number of hydrogen-bond acceptors (Lipinski definition) is 3. The summed E-state index contributed by atoms with van der Waals surface area (Å²) in [5.74, 6) is -0.0932. The van der Waals surface area contributed by atoms with Crippen LogP contribution in [0.1, 0.15) is 27.0 Å². The van der Waals surface area contributed by atoms with Gasteiger partial charge in [-0.3, -0.25) is 9.69 Å². The Bertz CT molecular complexity index is 823. The molecular formula is C20H19NO3. The van der Waals surface area contributed by atoms with Crippen molar-refractivity contribution >= 4 is 23.6 Å². The molecule has 0 bridgehead atoms. The summed E-state index contributed by atoms with van der Waals surface area (Å²) in [5.41, 5.74) is 4.58. The third kappa shape index (κ3) is 3.38. The van der Waals surface area contributed by atoms with E-state index in [1.165, 1.54) is 10.5 Å². The Labute approximate surface area is 141 Å². The van der Waals surface area contributed by atoms with Crippen LogP contribution in [0.2, 0.25) is 0 Å². The highest BCUT2D eigenvalue weighted by Crippen LogP contribution is 2.21. The first-order chi connectivity index (χ1) is 11.5. The Kier molecular flexibility index (Phi) is 4.47. The molecule has 0 unspecified atom stereocenters. The van der Waals surface area contributed by atoms with Gasteiger partial charge in [-0.15, -0.1) is 0 Å². The molecular weight excluding hydrogens is 302 g/mol. The van der Waals surface area contributed by atoms with Crippen molar-refractivity contribution in [1.29, 1.82) is 0 Å². The maximum Gasteiger partial charge on any atom is 0.414 e. The number of carbonyl (C=O) groups excluding carboxylic acids is 2. The van der Waals surface area contributed by atoms with Crippen LogP contribution in [-0.2, 0) is 4.74 Å². The Morgan fingerprint density at radius 1 is 1.17 bits per heavy atom. The van der Waals surface area contributed by atoms with Crippen molar-refractivity contribution in [1.82, 2.24) is 0 Å². The number of ether oxygens (including phenoxy) is 1. The molecule has 4 nitrogen and oxygen atoms in total. The van der Waals surface area contributed by atoms with E-state index in [4.69, 9.17) is 4.74 Å². The highest BCUT2D eigenvalue weighted by atomic mass is 16.6. The third-order valence-electron chi connectivity index (χ3n) is 4.04. The molecule has 0 saturated carbocycles. The molecule has 0 spiro atoms. The van der Waals surface area contributed by atoms with Crippen molar-refractivity contribution in [3.63, 3.8) is 0 Å². The van der Waals surface area contributed by atoms with E-state index in [1.54, 1.807) is 30.3 Å². The molecule has 1 aliphatic rings. The van der Waals surface area contributed by atoms with Gasteiger partial charge >= 0.3 is 6.09 Å². The van der Waals surface area contributed by atoms with E-state index in [9.17, 15) is 9.59 Å². The van der Waals surface area contributed by atoms with Crippen LogP contribution in [0.3, 0.4) is 0 Å². The van der Waals surface area contributed by atoms with Crippen LogP contribution in [-0.4, -0.2) is 25.0 Å². The van der Waals surface area contributed by atoms with Crippen molar-refractivity contribution in [3.8, 4) is 0 Å². The van der Waals surface area contributed by atoms with Crippen molar-refractivity contribution in [2.75, 3.05) is 18.1 Å². The summed E-state index contributed by atoms with van der Waals surface area (Å²) < 4.78 is 4.94. The molecule has 0 N–H and O–H groups in total. The number of allylic oxidation sites excluding steroid dienone is 1. The van der Waals surface area contributed by atoms with Crippen molar-refractivity contribution in [3.05, 3.63) is 70.8 Å². The number of amides is 1. The summed E-state index contributed by atoms with van der Waals surface area (Å²) >= 11 is 0. The average Bonchev–Trinajstić information content (AvgIpc) is 3.00. The number of benzene rings is 2. The van der Waals surface area contributed by atoms with Crippen LogP contribution in [0.25, 0.3) is 6.08 Å². The van der Waals surface area contributed by atoms with Gasteiger partial charge in [0, 0.05) is 11.3 Å². The first-order valence-corrected chi connectivity index (χ1v) is 7.88. The fraction of sp³-hybridized carbons (Fsp3) is 0.200. The Morgan fingerprint density at radius 2 is 2.00 bits per heavy atom. The van der Waals surface area contributed by atoms with Gasteiger partial charge in [-0.05, 0) is 43.2 Å². The minimum atomic E-state index is -0.370. The van der Waals surface area contributed by atoms with Gasteiger partial charge in [-0.25, -0.2) is 4.79 Å². The summed E-state index contributed by atoms with van der Waals surface area (Å²) in [6.45, 7) is 4.95. The molecule has 24 heavy (non-hydrogen) atoms. The third-order valence-corrected chi connectivity index (χ3v) is 4.04. The number of cyclic esters (lactones) is 1. The summed E-state index contributed by atoms with van der Waals surface area (Å²) in [4.78, 5) is 25.6. The van der Waals surface area contributed by atoms with E-state index in [-0.39, 0.29) is 11.9 Å². The Balaban J connectivity index is 1.80. The monoisotopic (exact) mass is 321 g/mol. The second kappa shape index (κ2) is 6.71. The van der Waals surface area contributed by atoms with Crippen molar-refractivity contribution in [2.45, 2.75) is 13.8 Å². The number of aryl methyl sites for hydroxylation is 2. The number of rotatable bonds is 4. The second-order valence-electron chi connectivity index (χ2n) is 5.87. The quantitative estimate of drug-likeness (QED) is 0.627. The van der Waals surface area contributed by atoms with Crippen LogP contribution >= 0.6 is 0 Å². The van der Waals surface area contributed by atoms with E-state index in [2.05, 4.69) is 6.07 Å². The predicted molar refractivity (Wildman–Crippen MR) is 94.4 cm³/mol. The molecule has 122 valence electrons. The maximum atomic E-state index is 12.4. The van der Waals surface area contributed by atoms with E-state index in [1.807, 2.05) is 32.1 Å². The normalized spacial score (nSPS) is 14.2. The number of hydrogen-bond donors (Lipinski definition) is 0. The van der Waals surface area contributed by atoms with Crippen LogP contribution < -0.4 is 4.90 Å². The number of anilines is 1. The van der Waals surface area contributed by atoms with Crippen LogP contribution in [0.5, 0.6) is 0 Å². The first-order valence-electron chi connectivity index (χ1n) is 7.88. The molecule has 1 heterocycles. The van der Waals surface area contributed by atoms with Gasteiger partial charge in [0.15, 0.2) is 5.78 Å². The molecule has 2 aromatic rings. The number of nitrogens with zero attached hydrogens (tertiary/aromatic N) is 1. The molecule has 1 amide bonds. The van der Waals surface area contributed by atoms with E-state index < -0.39 is 0 Å². The number of ketones is 1. The smallest absolute Gasteiger partial charge is 0.414 e. The van der Waals surface area contributed by atoms with Gasteiger partial charge < -0.3 is 4.74 Å². The topological polar surface area (TPSA) is 46.6 Å². The molecule has 0 aliphatic carbocycles. The van der Waals surface area contributed by atoms with Gasteiger partial charge in [0.25, 0.3) is 0 Å². The molecule has 0 atom stereocenters. The highest BCUT2D eigenvalue weighted by Gasteiger charge is 2.23. The lowest BCUT2D eigenvalue weighted by Gasteiger charge is -2.13. The van der Waals surface area contributed by atoms with Crippen molar-refractivity contribution < 1.29 is 14.3 Å². The fourth-order valence-corrected chi connectivity index (χ4v) is 2.73. The van der Waals surface area contributed by atoms with Gasteiger partial charge in [0.2, 0.25) is 0 Å². The minimum absolute atomic E-state index is 0.0932. The van der Waals surface area contributed by atoms with Gasteiger partial charge in [-0.2, -0.15) is 0 Å². The molecule has 1 fully saturated rings.